The van der Waals surface area contributed by atoms with Crippen LogP contribution in [-0.2, 0) is 4.79 Å². The van der Waals surface area contributed by atoms with Crippen molar-refractivity contribution >= 4 is 40.1 Å². The van der Waals surface area contributed by atoms with Gasteiger partial charge in [0.25, 0.3) is 0 Å². The number of anilines is 2. The van der Waals surface area contributed by atoms with Gasteiger partial charge in [-0.2, -0.15) is 9.97 Å². The summed E-state index contributed by atoms with van der Waals surface area (Å²) in [7, 11) is 5.90. The topological polar surface area (TPSA) is 88.5 Å². The molecule has 0 atom stereocenters. The quantitative estimate of drug-likeness (QED) is 0.634. The van der Waals surface area contributed by atoms with Gasteiger partial charge in [-0.05, 0) is 37.4 Å². The van der Waals surface area contributed by atoms with Crippen molar-refractivity contribution in [2.24, 2.45) is 11.7 Å². The van der Waals surface area contributed by atoms with Gasteiger partial charge in [-0.15, -0.1) is 0 Å². The van der Waals surface area contributed by atoms with Gasteiger partial charge in [0.2, 0.25) is 5.91 Å². The molecular formula is C23H31N6O2+. The number of hydrogen-bond donors (Lipinski definition) is 1. The highest BCUT2D eigenvalue weighted by atomic mass is 16.3. The zero-order valence-electron chi connectivity index (χ0n) is 18.7. The normalized spacial score (nSPS) is 15.5. The van der Waals surface area contributed by atoms with Crippen LogP contribution in [-0.4, -0.2) is 56.7 Å². The van der Waals surface area contributed by atoms with Gasteiger partial charge >= 0.3 is 5.95 Å². The van der Waals surface area contributed by atoms with E-state index in [1.807, 2.05) is 30.3 Å². The van der Waals surface area contributed by atoms with Crippen molar-refractivity contribution in [3.8, 4) is 0 Å². The molecule has 8 heteroatoms. The van der Waals surface area contributed by atoms with E-state index in [0.717, 1.165) is 60.8 Å². The smallest absolute Gasteiger partial charge is 0.336 e. The van der Waals surface area contributed by atoms with E-state index in [1.54, 1.807) is 25.1 Å². The van der Waals surface area contributed by atoms with E-state index in [0.29, 0.717) is 16.3 Å². The standard InChI is InChI=1S/C23H31N6O2/c1-16(30)27(2)18-5-7-19(8-6-18)29(3,4)23-25-20-11-14-31-21(20)22(26-23)28-12-9-17(15-24)10-13-28/h5-8,11,14,17H,9-10,12-13,15,24H2,1-4H3/q+1. The number of carbonyl (C=O) groups is 1. The molecule has 1 saturated heterocycles. The van der Waals surface area contributed by atoms with Crippen molar-refractivity contribution in [1.82, 2.24) is 14.5 Å². The minimum atomic E-state index is -0.00158. The first-order valence-corrected chi connectivity index (χ1v) is 10.7. The van der Waals surface area contributed by atoms with Crippen LogP contribution in [0.1, 0.15) is 19.8 Å². The Labute approximate surface area is 182 Å². The summed E-state index contributed by atoms with van der Waals surface area (Å²) in [6.45, 7) is 4.11. The molecule has 0 spiro atoms. The molecule has 4 rings (SSSR count). The van der Waals surface area contributed by atoms with E-state index in [4.69, 9.17) is 20.1 Å². The second kappa shape index (κ2) is 8.28. The van der Waals surface area contributed by atoms with E-state index in [-0.39, 0.29) is 5.91 Å². The highest BCUT2D eigenvalue weighted by Gasteiger charge is 2.31. The molecule has 3 aromatic rings. The number of carbonyl (C=O) groups excluding carboxylic acids is 1. The van der Waals surface area contributed by atoms with Crippen LogP contribution in [0.2, 0.25) is 0 Å². The fraction of sp³-hybridized carbons (Fsp3) is 0.435. The molecule has 1 aliphatic rings. The van der Waals surface area contributed by atoms with E-state index >= 15 is 0 Å². The van der Waals surface area contributed by atoms with Crippen molar-refractivity contribution < 1.29 is 9.21 Å². The SMILES string of the molecule is CC(=O)N(C)c1ccc([N+](C)(C)c2nc(N3CCC(CN)CC3)c3occc3n2)cc1. The summed E-state index contributed by atoms with van der Waals surface area (Å²) in [5.74, 6) is 2.11. The molecule has 1 aliphatic heterocycles. The predicted molar refractivity (Wildman–Crippen MR) is 125 cm³/mol. The third-order valence-electron chi connectivity index (χ3n) is 6.38. The summed E-state index contributed by atoms with van der Waals surface area (Å²) in [5.41, 5.74) is 9.28. The Hall–Kier alpha value is -2.97. The molecule has 1 aromatic carbocycles. The summed E-state index contributed by atoms with van der Waals surface area (Å²) < 4.78 is 6.13. The monoisotopic (exact) mass is 423 g/mol. The van der Waals surface area contributed by atoms with E-state index in [2.05, 4.69) is 19.0 Å². The summed E-state index contributed by atoms with van der Waals surface area (Å²) in [6, 6.07) is 9.83. The fourth-order valence-corrected chi connectivity index (χ4v) is 4.03. The number of quaternary nitrogens is 1. The summed E-state index contributed by atoms with van der Waals surface area (Å²) >= 11 is 0. The Morgan fingerprint density at radius 1 is 1.19 bits per heavy atom. The number of piperidine rings is 1. The van der Waals surface area contributed by atoms with Crippen LogP contribution in [0.25, 0.3) is 11.1 Å². The molecule has 0 unspecified atom stereocenters. The van der Waals surface area contributed by atoms with Gasteiger partial charge in [-0.1, -0.05) is 0 Å². The van der Waals surface area contributed by atoms with Crippen molar-refractivity contribution in [3.05, 3.63) is 36.6 Å². The van der Waals surface area contributed by atoms with Gasteiger partial charge in [-0.3, -0.25) is 4.79 Å². The van der Waals surface area contributed by atoms with Crippen LogP contribution in [0, 0.1) is 5.92 Å². The molecule has 31 heavy (non-hydrogen) atoms. The Balaban J connectivity index is 1.69. The van der Waals surface area contributed by atoms with Crippen LogP contribution in [0.5, 0.6) is 0 Å². The number of nitrogens with zero attached hydrogens (tertiary/aromatic N) is 5. The number of amides is 1. The molecule has 2 aromatic heterocycles. The van der Waals surface area contributed by atoms with Crippen molar-refractivity contribution in [1.29, 1.82) is 0 Å². The molecule has 164 valence electrons. The number of nitrogens with two attached hydrogens (primary N) is 1. The number of rotatable bonds is 5. The maximum atomic E-state index is 11.7. The summed E-state index contributed by atoms with van der Waals surface area (Å²) in [6.07, 6.45) is 3.79. The minimum Gasteiger partial charge on any atom is -0.459 e. The first-order valence-electron chi connectivity index (χ1n) is 10.7. The molecule has 8 nitrogen and oxygen atoms in total. The maximum absolute atomic E-state index is 11.7. The minimum absolute atomic E-state index is 0.00158. The molecule has 1 amide bonds. The largest absolute Gasteiger partial charge is 0.459 e. The van der Waals surface area contributed by atoms with Gasteiger partial charge in [0.05, 0.1) is 20.4 Å². The number of furan rings is 1. The second-order valence-electron chi connectivity index (χ2n) is 8.70. The lowest BCUT2D eigenvalue weighted by atomic mass is 9.97. The van der Waals surface area contributed by atoms with Crippen LogP contribution >= 0.6 is 0 Å². The first-order chi connectivity index (χ1) is 14.8. The predicted octanol–water partition coefficient (Wildman–Crippen LogP) is 3.28. The second-order valence-corrected chi connectivity index (χ2v) is 8.70. The van der Waals surface area contributed by atoms with Crippen LogP contribution in [0.15, 0.2) is 41.0 Å². The summed E-state index contributed by atoms with van der Waals surface area (Å²) in [5, 5.41) is 0. The lowest BCUT2D eigenvalue weighted by Crippen LogP contribution is -2.39. The maximum Gasteiger partial charge on any atom is 0.336 e. The number of hydrogen-bond acceptors (Lipinski definition) is 6. The van der Waals surface area contributed by atoms with Gasteiger partial charge in [0, 0.05) is 50.9 Å². The van der Waals surface area contributed by atoms with Crippen LogP contribution in [0.3, 0.4) is 0 Å². The Morgan fingerprint density at radius 2 is 1.87 bits per heavy atom. The number of aromatic nitrogens is 2. The third kappa shape index (κ3) is 4.00. The highest BCUT2D eigenvalue weighted by molar-refractivity contribution is 5.91. The van der Waals surface area contributed by atoms with Gasteiger partial charge in [0.1, 0.15) is 11.2 Å². The average molecular weight is 424 g/mol. The number of benzene rings is 1. The molecule has 1 fully saturated rings. The Kier molecular flexibility index (Phi) is 5.68. The molecule has 0 aliphatic carbocycles. The van der Waals surface area contributed by atoms with E-state index < -0.39 is 0 Å². The zero-order chi connectivity index (χ0) is 22.2. The van der Waals surface area contributed by atoms with Crippen molar-refractivity contribution in [3.63, 3.8) is 0 Å². The highest BCUT2D eigenvalue weighted by Crippen LogP contribution is 2.35. The molecule has 0 bridgehead atoms. The molecule has 0 saturated carbocycles. The third-order valence-corrected chi connectivity index (χ3v) is 6.38. The number of fused-ring (bicyclic) bond motifs is 1. The summed E-state index contributed by atoms with van der Waals surface area (Å²) in [4.78, 5) is 25.4. The van der Waals surface area contributed by atoms with Crippen molar-refractivity contribution in [2.75, 3.05) is 50.6 Å². The van der Waals surface area contributed by atoms with Gasteiger partial charge < -0.3 is 20.0 Å². The molecule has 2 N–H and O–H groups in total. The molecule has 3 heterocycles. The van der Waals surface area contributed by atoms with Gasteiger partial charge in [-0.25, -0.2) is 4.48 Å². The molecule has 0 radical (unpaired) electrons. The van der Waals surface area contributed by atoms with Crippen molar-refractivity contribution in [2.45, 2.75) is 19.8 Å². The van der Waals surface area contributed by atoms with E-state index in [1.165, 1.54) is 0 Å². The fourth-order valence-electron chi connectivity index (χ4n) is 4.03. The van der Waals surface area contributed by atoms with Crippen LogP contribution < -0.4 is 20.0 Å². The van der Waals surface area contributed by atoms with Gasteiger partial charge in [0.15, 0.2) is 11.4 Å². The van der Waals surface area contributed by atoms with Crippen LogP contribution in [0.4, 0.5) is 23.1 Å². The zero-order valence-corrected chi connectivity index (χ0v) is 18.7. The molecular weight excluding hydrogens is 392 g/mol. The van der Waals surface area contributed by atoms with E-state index in [9.17, 15) is 4.79 Å². The first kappa shape index (κ1) is 21.3. The average Bonchev–Trinajstić information content (AvgIpc) is 3.27. The lowest BCUT2D eigenvalue weighted by molar-refractivity contribution is -0.116. The lowest BCUT2D eigenvalue weighted by Gasteiger charge is -2.33. The Bertz CT molecular complexity index is 1070. The Morgan fingerprint density at radius 3 is 2.48 bits per heavy atom.